The number of anilines is 1. The van der Waals surface area contributed by atoms with Crippen molar-refractivity contribution in [2.45, 2.75) is 9.79 Å². The van der Waals surface area contributed by atoms with E-state index in [2.05, 4.69) is 10.3 Å². The van der Waals surface area contributed by atoms with Crippen LogP contribution in [0.25, 0.3) is 6.08 Å². The highest BCUT2D eigenvalue weighted by atomic mass is 32.2. The lowest BCUT2D eigenvalue weighted by Gasteiger charge is -2.10. The summed E-state index contributed by atoms with van der Waals surface area (Å²) in [7, 11) is -2.31. The lowest BCUT2D eigenvalue weighted by atomic mass is 10.2. The first-order chi connectivity index (χ1) is 13.5. The first-order valence-electron chi connectivity index (χ1n) is 8.38. The Balaban J connectivity index is 1.74. The van der Waals surface area contributed by atoms with Crippen LogP contribution in [-0.4, -0.2) is 26.4 Å². The van der Waals surface area contributed by atoms with E-state index in [9.17, 15) is 13.2 Å². The zero-order chi connectivity index (χ0) is 20.0. The number of para-hydroxylation sites is 1. The van der Waals surface area contributed by atoms with E-state index in [0.29, 0.717) is 5.69 Å². The van der Waals surface area contributed by atoms with Gasteiger partial charge < -0.3 is 10.1 Å². The molecule has 6 nitrogen and oxygen atoms in total. The predicted molar refractivity (Wildman–Crippen MR) is 107 cm³/mol. The molecule has 0 unspecified atom stereocenters. The minimum atomic E-state index is -3.73. The van der Waals surface area contributed by atoms with Crippen LogP contribution in [0.1, 0.15) is 5.56 Å². The van der Waals surface area contributed by atoms with Gasteiger partial charge in [-0.2, -0.15) is 0 Å². The number of aromatic nitrogens is 1. The Labute approximate surface area is 163 Å². The number of carbonyl (C=O) groups excluding carboxylic acids is 1. The highest BCUT2D eigenvalue weighted by Gasteiger charge is 2.21. The van der Waals surface area contributed by atoms with E-state index < -0.39 is 9.84 Å². The summed E-state index contributed by atoms with van der Waals surface area (Å²) < 4.78 is 30.8. The summed E-state index contributed by atoms with van der Waals surface area (Å²) in [6.07, 6.45) is 6.32. The second-order valence-corrected chi connectivity index (χ2v) is 7.71. The van der Waals surface area contributed by atoms with Crippen molar-refractivity contribution in [3.05, 3.63) is 84.7 Å². The average molecular weight is 394 g/mol. The van der Waals surface area contributed by atoms with Crippen molar-refractivity contribution in [3.63, 3.8) is 0 Å². The fraction of sp³-hybridized carbons (Fsp3) is 0.0476. The average Bonchev–Trinajstić information content (AvgIpc) is 2.73. The third kappa shape index (κ3) is 4.44. The molecular weight excluding hydrogens is 376 g/mol. The Morgan fingerprint density at radius 2 is 1.79 bits per heavy atom. The number of benzene rings is 2. The molecule has 3 rings (SSSR count). The number of nitrogens with one attached hydrogen (secondary N) is 1. The molecule has 1 N–H and O–H groups in total. The third-order valence-corrected chi connectivity index (χ3v) is 5.71. The van der Waals surface area contributed by atoms with E-state index in [1.165, 1.54) is 43.5 Å². The maximum absolute atomic E-state index is 12.8. The van der Waals surface area contributed by atoms with Gasteiger partial charge in [0.1, 0.15) is 10.6 Å². The van der Waals surface area contributed by atoms with Crippen LogP contribution in [0.4, 0.5) is 5.69 Å². The highest BCUT2D eigenvalue weighted by Crippen LogP contribution is 2.29. The Morgan fingerprint density at radius 1 is 1.04 bits per heavy atom. The standard InChI is InChI=1S/C21H18N2O4S/c1-27-19-6-2-3-7-20(19)28(25,26)18-11-9-17(10-12-18)23-21(24)13-8-16-5-4-14-22-15-16/h2-15H,1H3,(H,23,24)/b13-8+. The number of amides is 1. The summed E-state index contributed by atoms with van der Waals surface area (Å²) >= 11 is 0. The molecule has 0 atom stereocenters. The molecule has 28 heavy (non-hydrogen) atoms. The third-order valence-electron chi connectivity index (χ3n) is 3.90. The van der Waals surface area contributed by atoms with Gasteiger partial charge in [-0.25, -0.2) is 8.42 Å². The first-order valence-corrected chi connectivity index (χ1v) is 9.86. The monoisotopic (exact) mass is 394 g/mol. The normalized spacial score (nSPS) is 11.3. The SMILES string of the molecule is COc1ccccc1S(=O)(=O)c1ccc(NC(=O)/C=C/c2cccnc2)cc1. The molecule has 1 amide bonds. The molecule has 2 aromatic carbocycles. The molecule has 0 saturated heterocycles. The van der Waals surface area contributed by atoms with Gasteiger partial charge in [0.15, 0.2) is 0 Å². The van der Waals surface area contributed by atoms with E-state index in [1.54, 1.807) is 42.7 Å². The Kier molecular flexibility index (Phi) is 5.86. The molecule has 1 aromatic heterocycles. The Bertz CT molecular complexity index is 1090. The number of methoxy groups -OCH3 is 1. The van der Waals surface area contributed by atoms with Gasteiger partial charge in [-0.1, -0.05) is 18.2 Å². The molecule has 0 saturated carbocycles. The number of pyridine rings is 1. The van der Waals surface area contributed by atoms with Crippen molar-refractivity contribution in [1.82, 2.24) is 4.98 Å². The topological polar surface area (TPSA) is 85.4 Å². The second kappa shape index (κ2) is 8.49. The molecule has 1 heterocycles. The van der Waals surface area contributed by atoms with Crippen LogP contribution in [0.3, 0.4) is 0 Å². The number of hydrogen-bond acceptors (Lipinski definition) is 5. The summed E-state index contributed by atoms with van der Waals surface area (Å²) in [6, 6.07) is 16.0. The van der Waals surface area contributed by atoms with Crippen molar-refractivity contribution in [1.29, 1.82) is 0 Å². The zero-order valence-electron chi connectivity index (χ0n) is 15.1. The van der Waals surface area contributed by atoms with Gasteiger partial charge in [-0.3, -0.25) is 9.78 Å². The van der Waals surface area contributed by atoms with Crippen molar-refractivity contribution >= 4 is 27.5 Å². The van der Waals surface area contributed by atoms with Gasteiger partial charge in [0.25, 0.3) is 0 Å². The number of ether oxygens (including phenoxy) is 1. The van der Waals surface area contributed by atoms with Gasteiger partial charge in [0.05, 0.1) is 12.0 Å². The molecule has 0 aliphatic rings. The van der Waals surface area contributed by atoms with Crippen LogP contribution in [0.15, 0.2) is 88.9 Å². The first kappa shape index (κ1) is 19.3. The summed E-state index contributed by atoms with van der Waals surface area (Å²) in [5.74, 6) is -0.0513. The van der Waals surface area contributed by atoms with Crippen LogP contribution in [0.5, 0.6) is 5.75 Å². The molecule has 0 aliphatic heterocycles. The summed E-state index contributed by atoms with van der Waals surface area (Å²) in [6.45, 7) is 0. The van der Waals surface area contributed by atoms with E-state index >= 15 is 0 Å². The lowest BCUT2D eigenvalue weighted by Crippen LogP contribution is -2.08. The predicted octanol–water partition coefficient (Wildman–Crippen LogP) is 3.57. The van der Waals surface area contributed by atoms with Crippen LogP contribution >= 0.6 is 0 Å². The molecule has 0 bridgehead atoms. The largest absolute Gasteiger partial charge is 0.495 e. The second-order valence-electron chi connectivity index (χ2n) is 5.79. The Morgan fingerprint density at radius 3 is 2.46 bits per heavy atom. The van der Waals surface area contributed by atoms with Gasteiger partial charge in [0.2, 0.25) is 15.7 Å². The van der Waals surface area contributed by atoms with E-state index in [0.717, 1.165) is 5.56 Å². The molecule has 7 heteroatoms. The highest BCUT2D eigenvalue weighted by molar-refractivity contribution is 7.91. The van der Waals surface area contributed by atoms with Crippen LogP contribution in [0.2, 0.25) is 0 Å². The fourth-order valence-corrected chi connectivity index (χ4v) is 3.94. The number of sulfone groups is 1. The van der Waals surface area contributed by atoms with Crippen LogP contribution in [-0.2, 0) is 14.6 Å². The minimum absolute atomic E-state index is 0.0914. The van der Waals surface area contributed by atoms with Gasteiger partial charge in [0, 0.05) is 24.2 Å². The van der Waals surface area contributed by atoms with Crippen LogP contribution in [0, 0.1) is 0 Å². The van der Waals surface area contributed by atoms with E-state index in [4.69, 9.17) is 4.74 Å². The number of rotatable bonds is 6. The molecule has 0 aliphatic carbocycles. The molecule has 142 valence electrons. The van der Waals surface area contributed by atoms with Crippen LogP contribution < -0.4 is 10.1 Å². The molecule has 0 radical (unpaired) electrons. The minimum Gasteiger partial charge on any atom is -0.495 e. The molecule has 0 fully saturated rings. The molecule has 3 aromatic rings. The summed E-state index contributed by atoms with van der Waals surface area (Å²) in [5, 5.41) is 2.69. The van der Waals surface area contributed by atoms with Gasteiger partial charge in [-0.15, -0.1) is 0 Å². The zero-order valence-corrected chi connectivity index (χ0v) is 15.9. The van der Waals surface area contributed by atoms with Gasteiger partial charge in [-0.05, 0) is 54.1 Å². The number of hydrogen-bond donors (Lipinski definition) is 1. The van der Waals surface area contributed by atoms with E-state index in [1.807, 2.05) is 6.07 Å². The van der Waals surface area contributed by atoms with Crippen molar-refractivity contribution < 1.29 is 17.9 Å². The quantitative estimate of drug-likeness (QED) is 0.646. The Hall–Kier alpha value is -3.45. The smallest absolute Gasteiger partial charge is 0.248 e. The van der Waals surface area contributed by atoms with Crippen molar-refractivity contribution in [2.24, 2.45) is 0 Å². The molecule has 0 spiro atoms. The number of nitrogens with zero attached hydrogens (tertiary/aromatic N) is 1. The van der Waals surface area contributed by atoms with E-state index in [-0.39, 0.29) is 21.4 Å². The fourth-order valence-electron chi connectivity index (χ4n) is 2.52. The summed E-state index contributed by atoms with van der Waals surface area (Å²) in [4.78, 5) is 16.2. The molecular formula is C21H18N2O4S. The lowest BCUT2D eigenvalue weighted by molar-refractivity contribution is -0.111. The van der Waals surface area contributed by atoms with Crippen molar-refractivity contribution in [3.8, 4) is 5.75 Å². The van der Waals surface area contributed by atoms with Gasteiger partial charge >= 0.3 is 0 Å². The number of carbonyl (C=O) groups is 1. The summed E-state index contributed by atoms with van der Waals surface area (Å²) in [5.41, 5.74) is 1.29. The maximum Gasteiger partial charge on any atom is 0.248 e. The maximum atomic E-state index is 12.8. The van der Waals surface area contributed by atoms with Crippen molar-refractivity contribution in [2.75, 3.05) is 12.4 Å².